The molecule has 0 saturated carbocycles. The second kappa shape index (κ2) is 6.50. The molecule has 4 aromatic rings. The van der Waals surface area contributed by atoms with Gasteiger partial charge in [0.25, 0.3) is 0 Å². The highest BCUT2D eigenvalue weighted by Crippen LogP contribution is 2.34. The van der Waals surface area contributed by atoms with Crippen LogP contribution in [0.5, 0.6) is 0 Å². The fourth-order valence-electron chi connectivity index (χ4n) is 3.61. The molecule has 29 heavy (non-hydrogen) atoms. The fraction of sp³-hybridized carbons (Fsp3) is 0.316. The van der Waals surface area contributed by atoms with Crippen molar-refractivity contribution in [2.45, 2.75) is 32.2 Å². The standard InChI is InChI=1S/C19H18FN7O2/c1-10(2)17-23-24-18(29-17)19(28)26-7-6-12-15(22-9-21-12)16(26)13-8-11-4-3-5-14(20)27(11)25-13/h3-5,8-10,16H,6-7H2,1-2H3,(H,21,22)/t16-/m1/s1. The maximum Gasteiger partial charge on any atom is 0.312 e. The number of H-pyrrole nitrogens is 1. The summed E-state index contributed by atoms with van der Waals surface area (Å²) in [5, 5.41) is 12.3. The summed E-state index contributed by atoms with van der Waals surface area (Å²) in [5.74, 6) is -0.547. The van der Waals surface area contributed by atoms with E-state index in [-0.39, 0.29) is 11.8 Å². The van der Waals surface area contributed by atoms with Gasteiger partial charge >= 0.3 is 11.8 Å². The third kappa shape index (κ3) is 2.79. The highest BCUT2D eigenvalue weighted by Gasteiger charge is 2.38. The van der Waals surface area contributed by atoms with Gasteiger partial charge in [-0.1, -0.05) is 19.9 Å². The molecule has 1 aliphatic rings. The molecule has 1 N–H and O–H groups in total. The van der Waals surface area contributed by atoms with Crippen molar-refractivity contribution >= 4 is 11.4 Å². The molecule has 0 unspecified atom stereocenters. The van der Waals surface area contributed by atoms with E-state index >= 15 is 0 Å². The molecule has 5 rings (SSSR count). The minimum absolute atomic E-state index is 0.0144. The summed E-state index contributed by atoms with van der Waals surface area (Å²) in [5.41, 5.74) is 2.71. The quantitative estimate of drug-likeness (QED) is 0.535. The van der Waals surface area contributed by atoms with Gasteiger partial charge in [-0.3, -0.25) is 4.79 Å². The van der Waals surface area contributed by atoms with Crippen LogP contribution in [0.4, 0.5) is 4.39 Å². The Bertz CT molecular complexity index is 1210. The van der Waals surface area contributed by atoms with E-state index in [1.54, 1.807) is 29.4 Å². The Hall–Kier alpha value is -3.56. The number of aromatic amines is 1. The second-order valence-electron chi connectivity index (χ2n) is 7.27. The van der Waals surface area contributed by atoms with Crippen LogP contribution in [0.1, 0.15) is 59.5 Å². The summed E-state index contributed by atoms with van der Waals surface area (Å²) >= 11 is 0. The van der Waals surface area contributed by atoms with E-state index in [2.05, 4.69) is 25.3 Å². The van der Waals surface area contributed by atoms with Crippen LogP contribution in [0, 0.1) is 5.95 Å². The van der Waals surface area contributed by atoms with Gasteiger partial charge in [0.05, 0.1) is 23.2 Å². The van der Waals surface area contributed by atoms with Gasteiger partial charge in [-0.2, -0.15) is 9.49 Å². The van der Waals surface area contributed by atoms with Crippen LogP contribution in [0.3, 0.4) is 0 Å². The lowest BCUT2D eigenvalue weighted by Gasteiger charge is -2.32. The van der Waals surface area contributed by atoms with Crippen molar-refractivity contribution in [3.05, 3.63) is 65.4 Å². The number of hydrogen-bond donors (Lipinski definition) is 1. The molecule has 1 aliphatic heterocycles. The number of carbonyl (C=O) groups excluding carboxylic acids is 1. The van der Waals surface area contributed by atoms with Crippen LogP contribution in [0.2, 0.25) is 0 Å². The normalized spacial score (nSPS) is 16.6. The van der Waals surface area contributed by atoms with Crippen molar-refractivity contribution in [2.24, 2.45) is 0 Å². The van der Waals surface area contributed by atoms with Gasteiger partial charge in [-0.15, -0.1) is 10.2 Å². The number of amides is 1. The summed E-state index contributed by atoms with van der Waals surface area (Å²) in [6, 6.07) is 5.87. The lowest BCUT2D eigenvalue weighted by molar-refractivity contribution is 0.0643. The first-order valence-electron chi connectivity index (χ1n) is 9.33. The third-order valence-corrected chi connectivity index (χ3v) is 5.04. The zero-order valence-corrected chi connectivity index (χ0v) is 15.8. The van der Waals surface area contributed by atoms with E-state index in [9.17, 15) is 9.18 Å². The largest absolute Gasteiger partial charge is 0.417 e. The molecule has 4 aromatic heterocycles. The van der Waals surface area contributed by atoms with Crippen LogP contribution in [-0.4, -0.2) is 47.1 Å². The molecular formula is C19H18FN7O2. The zero-order valence-electron chi connectivity index (χ0n) is 15.8. The van der Waals surface area contributed by atoms with Crippen LogP contribution in [-0.2, 0) is 6.42 Å². The maximum atomic E-state index is 14.2. The van der Waals surface area contributed by atoms with Crippen molar-refractivity contribution in [1.82, 2.24) is 34.7 Å². The van der Waals surface area contributed by atoms with E-state index in [0.29, 0.717) is 35.8 Å². The molecule has 0 aliphatic carbocycles. The van der Waals surface area contributed by atoms with Gasteiger partial charge in [0.15, 0.2) is 0 Å². The Morgan fingerprint density at radius 3 is 2.97 bits per heavy atom. The molecule has 0 bridgehead atoms. The number of halogens is 1. The number of nitrogens with one attached hydrogen (secondary N) is 1. The fourth-order valence-corrected chi connectivity index (χ4v) is 3.61. The lowest BCUT2D eigenvalue weighted by atomic mass is 9.99. The van der Waals surface area contributed by atoms with Crippen LogP contribution in [0.25, 0.3) is 5.52 Å². The molecule has 0 fully saturated rings. The Labute approximate surface area is 164 Å². The minimum atomic E-state index is -0.591. The number of carbonyl (C=O) groups is 1. The molecule has 148 valence electrons. The van der Waals surface area contributed by atoms with Crippen molar-refractivity contribution in [1.29, 1.82) is 0 Å². The molecule has 1 atom stereocenters. The summed E-state index contributed by atoms with van der Waals surface area (Å²) < 4.78 is 20.9. The first kappa shape index (κ1) is 17.5. The molecule has 1 amide bonds. The summed E-state index contributed by atoms with van der Waals surface area (Å²) in [7, 11) is 0. The number of rotatable bonds is 3. The van der Waals surface area contributed by atoms with Gasteiger partial charge in [0.2, 0.25) is 11.8 Å². The highest BCUT2D eigenvalue weighted by atomic mass is 19.1. The van der Waals surface area contributed by atoms with E-state index in [0.717, 1.165) is 5.69 Å². The number of fused-ring (bicyclic) bond motifs is 2. The Morgan fingerprint density at radius 2 is 2.21 bits per heavy atom. The summed E-state index contributed by atoms with van der Waals surface area (Å²) in [4.78, 5) is 22.3. The molecule has 9 nitrogen and oxygen atoms in total. The van der Waals surface area contributed by atoms with Gasteiger partial charge in [0.1, 0.15) is 6.04 Å². The molecule has 10 heteroatoms. The predicted octanol–water partition coefficient (Wildman–Crippen LogP) is 2.49. The number of aromatic nitrogens is 6. The minimum Gasteiger partial charge on any atom is -0.417 e. The molecule has 5 heterocycles. The second-order valence-corrected chi connectivity index (χ2v) is 7.27. The van der Waals surface area contributed by atoms with Gasteiger partial charge in [-0.05, 0) is 18.2 Å². The topological polar surface area (TPSA) is 105 Å². The molecule has 0 aromatic carbocycles. The SMILES string of the molecule is CC(C)c1nnc(C(=O)N2CCc3[nH]cnc3[C@H]2c2cc3cccc(F)n3n2)o1. The highest BCUT2D eigenvalue weighted by molar-refractivity contribution is 5.90. The Kier molecular flexibility index (Phi) is 3.93. The average molecular weight is 395 g/mol. The van der Waals surface area contributed by atoms with Crippen molar-refractivity contribution in [3.8, 4) is 0 Å². The first-order valence-corrected chi connectivity index (χ1v) is 9.33. The van der Waals surface area contributed by atoms with Crippen molar-refractivity contribution < 1.29 is 13.6 Å². The predicted molar refractivity (Wildman–Crippen MR) is 98.7 cm³/mol. The first-order chi connectivity index (χ1) is 14.0. The Morgan fingerprint density at radius 1 is 1.34 bits per heavy atom. The summed E-state index contributed by atoms with van der Waals surface area (Å²) in [6.07, 6.45) is 2.19. The molecule has 0 radical (unpaired) electrons. The molecular weight excluding hydrogens is 377 g/mol. The van der Waals surface area contributed by atoms with Crippen molar-refractivity contribution in [3.63, 3.8) is 0 Å². The summed E-state index contributed by atoms with van der Waals surface area (Å²) in [6.45, 7) is 4.23. The lowest BCUT2D eigenvalue weighted by Crippen LogP contribution is -2.41. The number of hydrogen-bond acceptors (Lipinski definition) is 6. The van der Waals surface area contributed by atoms with Gasteiger partial charge in [-0.25, -0.2) is 9.50 Å². The van der Waals surface area contributed by atoms with E-state index < -0.39 is 17.9 Å². The monoisotopic (exact) mass is 395 g/mol. The van der Waals surface area contributed by atoms with E-state index in [4.69, 9.17) is 4.42 Å². The van der Waals surface area contributed by atoms with Crippen molar-refractivity contribution in [2.75, 3.05) is 6.54 Å². The number of pyridine rings is 1. The number of imidazole rings is 1. The molecule has 0 spiro atoms. The third-order valence-electron chi connectivity index (χ3n) is 5.04. The maximum absolute atomic E-state index is 14.2. The van der Waals surface area contributed by atoms with Gasteiger partial charge < -0.3 is 14.3 Å². The molecule has 0 saturated heterocycles. The average Bonchev–Trinajstić information content (AvgIpc) is 3.44. The number of nitrogens with zero attached hydrogens (tertiary/aromatic N) is 6. The van der Waals surface area contributed by atoms with E-state index in [1.165, 1.54) is 10.6 Å². The van der Waals surface area contributed by atoms with Crippen LogP contribution in [0.15, 0.2) is 35.0 Å². The van der Waals surface area contributed by atoms with Crippen LogP contribution < -0.4 is 0 Å². The van der Waals surface area contributed by atoms with Gasteiger partial charge in [0, 0.05) is 24.6 Å². The zero-order chi connectivity index (χ0) is 20.1. The smallest absolute Gasteiger partial charge is 0.312 e. The van der Waals surface area contributed by atoms with Crippen LogP contribution >= 0.6 is 0 Å². The van der Waals surface area contributed by atoms with E-state index in [1.807, 2.05) is 13.8 Å². The Balaban J connectivity index is 1.60.